The van der Waals surface area contributed by atoms with Crippen LogP contribution in [0, 0.1) is 0 Å². The first-order chi connectivity index (χ1) is 38.5. The van der Waals surface area contributed by atoms with Crippen LogP contribution in [0.15, 0.2) is 97.2 Å². The van der Waals surface area contributed by atoms with Gasteiger partial charge in [0.25, 0.3) is 0 Å². The number of esters is 3. The van der Waals surface area contributed by atoms with Crippen LogP contribution in [0.4, 0.5) is 0 Å². The highest BCUT2D eigenvalue weighted by molar-refractivity contribution is 5.71. The van der Waals surface area contributed by atoms with Crippen molar-refractivity contribution in [2.45, 2.75) is 329 Å². The molecule has 0 aliphatic rings. The lowest BCUT2D eigenvalue weighted by Gasteiger charge is -2.18. The summed E-state index contributed by atoms with van der Waals surface area (Å²) in [4.78, 5) is 38.2. The minimum atomic E-state index is -0.779. The van der Waals surface area contributed by atoms with Gasteiger partial charge in [0.15, 0.2) is 6.10 Å². The van der Waals surface area contributed by atoms with E-state index in [1.165, 1.54) is 173 Å². The van der Waals surface area contributed by atoms with E-state index in [0.717, 1.165) is 109 Å². The van der Waals surface area contributed by atoms with Crippen molar-refractivity contribution in [1.82, 2.24) is 0 Å². The van der Waals surface area contributed by atoms with Crippen molar-refractivity contribution in [2.75, 3.05) is 13.2 Å². The van der Waals surface area contributed by atoms with E-state index in [1.807, 2.05) is 0 Å². The third kappa shape index (κ3) is 63.2. The maximum absolute atomic E-state index is 12.9. The van der Waals surface area contributed by atoms with E-state index >= 15 is 0 Å². The zero-order valence-corrected chi connectivity index (χ0v) is 51.4. The summed E-state index contributed by atoms with van der Waals surface area (Å²) < 4.78 is 16.9. The first-order valence-corrected chi connectivity index (χ1v) is 33.2. The molecule has 6 heteroatoms. The Morgan fingerprint density at radius 3 is 0.795 bits per heavy atom. The zero-order valence-electron chi connectivity index (χ0n) is 51.4. The number of hydrogen-bond acceptors (Lipinski definition) is 6. The Labute approximate surface area is 483 Å². The third-order valence-corrected chi connectivity index (χ3v) is 14.3. The molecule has 0 bridgehead atoms. The van der Waals surface area contributed by atoms with Crippen LogP contribution in [0.5, 0.6) is 0 Å². The van der Waals surface area contributed by atoms with Crippen LogP contribution in [0.1, 0.15) is 323 Å². The van der Waals surface area contributed by atoms with Crippen LogP contribution < -0.4 is 0 Å². The molecule has 78 heavy (non-hydrogen) atoms. The largest absolute Gasteiger partial charge is 0.462 e. The molecule has 448 valence electrons. The van der Waals surface area contributed by atoms with Gasteiger partial charge in [-0.2, -0.15) is 0 Å². The van der Waals surface area contributed by atoms with E-state index in [-0.39, 0.29) is 31.1 Å². The molecular weight excluding hydrogens is 961 g/mol. The molecule has 0 aliphatic carbocycles. The maximum Gasteiger partial charge on any atom is 0.306 e. The van der Waals surface area contributed by atoms with Crippen molar-refractivity contribution in [3.05, 3.63) is 97.2 Å². The highest BCUT2D eigenvalue weighted by atomic mass is 16.6. The van der Waals surface area contributed by atoms with Gasteiger partial charge in [0, 0.05) is 19.3 Å². The average molecular weight is 1090 g/mol. The normalized spacial score (nSPS) is 12.7. The van der Waals surface area contributed by atoms with E-state index in [0.29, 0.717) is 19.3 Å². The molecule has 0 aliphatic heterocycles. The van der Waals surface area contributed by atoms with Gasteiger partial charge in [-0.3, -0.25) is 14.4 Å². The fourth-order valence-corrected chi connectivity index (χ4v) is 9.36. The fraction of sp³-hybridized carbons (Fsp3) is 0.736. The van der Waals surface area contributed by atoms with Gasteiger partial charge in [0.1, 0.15) is 13.2 Å². The minimum Gasteiger partial charge on any atom is -0.462 e. The van der Waals surface area contributed by atoms with E-state index < -0.39 is 6.10 Å². The Bertz CT molecular complexity index is 1530. The van der Waals surface area contributed by atoms with Crippen LogP contribution in [-0.2, 0) is 28.6 Å². The van der Waals surface area contributed by atoms with Gasteiger partial charge in [-0.1, -0.05) is 298 Å². The summed E-state index contributed by atoms with van der Waals surface area (Å²) >= 11 is 0. The lowest BCUT2D eigenvalue weighted by molar-refractivity contribution is -0.167. The second-order valence-electron chi connectivity index (χ2n) is 22.0. The Kier molecular flexibility index (Phi) is 62.7. The summed E-state index contributed by atoms with van der Waals surface area (Å²) in [6, 6.07) is 0. The van der Waals surface area contributed by atoms with Crippen LogP contribution >= 0.6 is 0 Å². The van der Waals surface area contributed by atoms with Crippen molar-refractivity contribution in [2.24, 2.45) is 0 Å². The molecule has 0 aromatic carbocycles. The summed E-state index contributed by atoms with van der Waals surface area (Å²) in [7, 11) is 0. The second kappa shape index (κ2) is 65.8. The first kappa shape index (κ1) is 74.3. The number of hydrogen-bond donors (Lipinski definition) is 0. The molecule has 0 radical (unpaired) electrons. The predicted octanol–water partition coefficient (Wildman–Crippen LogP) is 22.8. The van der Waals surface area contributed by atoms with Crippen LogP contribution in [0.25, 0.3) is 0 Å². The summed E-state index contributed by atoms with van der Waals surface area (Å²) in [6.45, 7) is 6.51. The van der Waals surface area contributed by atoms with E-state index in [1.54, 1.807) is 0 Å². The van der Waals surface area contributed by atoms with Gasteiger partial charge < -0.3 is 14.2 Å². The molecule has 1 atom stereocenters. The molecule has 6 nitrogen and oxygen atoms in total. The second-order valence-corrected chi connectivity index (χ2v) is 22.0. The smallest absolute Gasteiger partial charge is 0.306 e. The predicted molar refractivity (Wildman–Crippen MR) is 339 cm³/mol. The fourth-order valence-electron chi connectivity index (χ4n) is 9.36. The van der Waals surface area contributed by atoms with Gasteiger partial charge in [0.05, 0.1) is 0 Å². The van der Waals surface area contributed by atoms with Crippen LogP contribution in [-0.4, -0.2) is 37.2 Å². The lowest BCUT2D eigenvalue weighted by atomic mass is 10.0. The standard InChI is InChI=1S/C72H124O6/c1-4-7-10-13-16-19-21-23-25-27-29-30-31-32-33-34-35-36-37-38-39-40-41-42-43-45-46-48-50-53-56-59-62-65-71(74)77-68-69(67-76-70(73)64-61-58-55-52-18-15-12-9-6-3)78-72(75)66-63-60-57-54-51-49-47-44-28-26-24-22-20-17-14-11-8-5-2/h7,10,16,19-20,22-23,25-26,28-30,32-33,35-36,69H,4-6,8-9,11-15,17-18,21,24,27,31,34,37-68H2,1-3H3/b10-7-,19-16-,22-20-,25-23-,28-26-,30-29-,33-32-,36-35-. The summed E-state index contributed by atoms with van der Waals surface area (Å²) in [5.41, 5.74) is 0. The van der Waals surface area contributed by atoms with Gasteiger partial charge in [-0.25, -0.2) is 0 Å². The monoisotopic (exact) mass is 1080 g/mol. The molecule has 0 amide bonds. The van der Waals surface area contributed by atoms with Gasteiger partial charge in [-0.05, 0) is 103 Å². The molecule has 0 saturated carbocycles. The molecule has 0 fully saturated rings. The average Bonchev–Trinajstić information content (AvgIpc) is 3.44. The third-order valence-electron chi connectivity index (χ3n) is 14.3. The quantitative estimate of drug-likeness (QED) is 0.0261. The molecule has 0 saturated heterocycles. The van der Waals surface area contributed by atoms with Crippen molar-refractivity contribution in [3.8, 4) is 0 Å². The summed E-state index contributed by atoms with van der Waals surface area (Å²) in [5, 5.41) is 0. The Balaban J connectivity index is 4.13. The number of ether oxygens (including phenoxy) is 3. The van der Waals surface area contributed by atoms with E-state index in [4.69, 9.17) is 14.2 Å². The number of unbranched alkanes of at least 4 members (excludes halogenated alkanes) is 33. The van der Waals surface area contributed by atoms with Crippen molar-refractivity contribution in [1.29, 1.82) is 0 Å². The van der Waals surface area contributed by atoms with E-state index in [2.05, 4.69) is 118 Å². The number of carbonyl (C=O) groups excluding carboxylic acids is 3. The van der Waals surface area contributed by atoms with E-state index in [9.17, 15) is 14.4 Å². The first-order valence-electron chi connectivity index (χ1n) is 33.2. The van der Waals surface area contributed by atoms with Crippen LogP contribution in [0.2, 0.25) is 0 Å². The highest BCUT2D eigenvalue weighted by Gasteiger charge is 2.19. The van der Waals surface area contributed by atoms with Crippen LogP contribution in [0.3, 0.4) is 0 Å². The molecule has 0 aromatic heterocycles. The van der Waals surface area contributed by atoms with Crippen molar-refractivity contribution >= 4 is 17.9 Å². The SMILES string of the molecule is CC/C=C\C/C=C\C/C=C\C/C=C\C/C=C\C/C=C\CCCCCCCCCCCCCCCCC(=O)OCC(COC(=O)CCCCCCCCCCC)OC(=O)CCCCCCCCC/C=C\C/C=C\CCCCCC. The van der Waals surface area contributed by atoms with Crippen molar-refractivity contribution in [3.63, 3.8) is 0 Å². The Hall–Kier alpha value is -3.67. The van der Waals surface area contributed by atoms with Gasteiger partial charge in [-0.15, -0.1) is 0 Å². The number of allylic oxidation sites excluding steroid dienone is 16. The Morgan fingerprint density at radius 2 is 0.500 bits per heavy atom. The van der Waals surface area contributed by atoms with Gasteiger partial charge >= 0.3 is 17.9 Å². The van der Waals surface area contributed by atoms with Crippen molar-refractivity contribution < 1.29 is 28.6 Å². The topological polar surface area (TPSA) is 78.9 Å². The highest BCUT2D eigenvalue weighted by Crippen LogP contribution is 2.17. The minimum absolute atomic E-state index is 0.0768. The van der Waals surface area contributed by atoms with Gasteiger partial charge in [0.2, 0.25) is 0 Å². The molecule has 0 rings (SSSR count). The molecule has 1 unspecified atom stereocenters. The number of rotatable bonds is 60. The molecule has 0 N–H and O–H groups in total. The molecule has 0 spiro atoms. The molecular formula is C72H124O6. The molecule has 0 heterocycles. The summed E-state index contributed by atoms with van der Waals surface area (Å²) in [6.07, 6.45) is 88.6. The Morgan fingerprint density at radius 1 is 0.269 bits per heavy atom. The zero-order chi connectivity index (χ0) is 56.4. The lowest BCUT2D eigenvalue weighted by Crippen LogP contribution is -2.30. The number of carbonyl (C=O) groups is 3. The maximum atomic E-state index is 12.9. The summed E-state index contributed by atoms with van der Waals surface area (Å²) in [5.74, 6) is -0.876. The molecule has 0 aromatic rings.